The second kappa shape index (κ2) is 6.89. The van der Waals surface area contributed by atoms with E-state index in [2.05, 4.69) is 16.8 Å². The molecule has 2 atom stereocenters. The van der Waals surface area contributed by atoms with Crippen LogP contribution in [0.4, 0.5) is 5.82 Å². The van der Waals surface area contributed by atoms with Crippen molar-refractivity contribution in [2.24, 2.45) is 5.92 Å². The van der Waals surface area contributed by atoms with Crippen LogP contribution < -0.4 is 4.90 Å². The standard InChI is InChI=1S/C16H24N2O3/c1-11(2)21-16(19)13-6-5-8-17-15(13)18-9-7-12(3)14(10-18)20-4/h5-6,8,11-12,14H,7,9-10H2,1-4H3. The van der Waals surface area contributed by atoms with Crippen LogP contribution in [-0.2, 0) is 9.47 Å². The van der Waals surface area contributed by atoms with Gasteiger partial charge in [0.05, 0.1) is 12.2 Å². The van der Waals surface area contributed by atoms with Crippen molar-refractivity contribution in [2.75, 3.05) is 25.1 Å². The van der Waals surface area contributed by atoms with E-state index in [1.165, 1.54) is 0 Å². The molecule has 2 rings (SSSR count). The van der Waals surface area contributed by atoms with Crippen LogP contribution in [0.25, 0.3) is 0 Å². The molecule has 5 heteroatoms. The molecule has 1 aromatic heterocycles. The van der Waals surface area contributed by atoms with E-state index in [1.54, 1.807) is 25.4 Å². The van der Waals surface area contributed by atoms with Crippen LogP contribution >= 0.6 is 0 Å². The number of anilines is 1. The van der Waals surface area contributed by atoms with Gasteiger partial charge in [0.2, 0.25) is 0 Å². The summed E-state index contributed by atoms with van der Waals surface area (Å²) in [6.45, 7) is 7.50. The molecule has 21 heavy (non-hydrogen) atoms. The van der Waals surface area contributed by atoms with Gasteiger partial charge in [-0.2, -0.15) is 0 Å². The maximum atomic E-state index is 12.2. The Labute approximate surface area is 126 Å². The van der Waals surface area contributed by atoms with E-state index in [4.69, 9.17) is 9.47 Å². The van der Waals surface area contributed by atoms with E-state index in [1.807, 2.05) is 13.8 Å². The smallest absolute Gasteiger partial charge is 0.342 e. The highest BCUT2D eigenvalue weighted by molar-refractivity contribution is 5.94. The molecule has 0 aromatic carbocycles. The van der Waals surface area contributed by atoms with Gasteiger partial charge in [0.15, 0.2) is 0 Å². The predicted molar refractivity (Wildman–Crippen MR) is 81.6 cm³/mol. The predicted octanol–water partition coefficient (Wildman–Crippen LogP) is 2.51. The molecule has 1 aliphatic heterocycles. The lowest BCUT2D eigenvalue weighted by Gasteiger charge is -2.37. The Hall–Kier alpha value is -1.62. The number of esters is 1. The van der Waals surface area contributed by atoms with Crippen LogP contribution in [0.2, 0.25) is 0 Å². The van der Waals surface area contributed by atoms with E-state index < -0.39 is 0 Å². The first-order valence-corrected chi connectivity index (χ1v) is 7.46. The Bertz CT molecular complexity index is 490. The molecule has 0 saturated carbocycles. The average Bonchev–Trinajstić information content (AvgIpc) is 2.47. The lowest BCUT2D eigenvalue weighted by molar-refractivity contribution is 0.0374. The van der Waals surface area contributed by atoms with E-state index in [0.29, 0.717) is 17.3 Å². The van der Waals surface area contributed by atoms with E-state index in [0.717, 1.165) is 19.5 Å². The fourth-order valence-corrected chi connectivity index (χ4v) is 2.62. The number of piperidine rings is 1. The van der Waals surface area contributed by atoms with Crippen molar-refractivity contribution in [3.8, 4) is 0 Å². The third kappa shape index (κ3) is 3.73. The summed E-state index contributed by atoms with van der Waals surface area (Å²) in [4.78, 5) is 18.7. The van der Waals surface area contributed by atoms with Crippen molar-refractivity contribution in [1.82, 2.24) is 4.98 Å². The van der Waals surface area contributed by atoms with Crippen LogP contribution in [-0.4, -0.2) is 43.4 Å². The minimum atomic E-state index is -0.319. The van der Waals surface area contributed by atoms with Crippen LogP contribution in [0.1, 0.15) is 37.6 Å². The van der Waals surface area contributed by atoms with Crippen molar-refractivity contribution < 1.29 is 14.3 Å². The van der Waals surface area contributed by atoms with Crippen molar-refractivity contribution in [2.45, 2.75) is 39.4 Å². The molecule has 0 aliphatic carbocycles. The number of carbonyl (C=O) groups is 1. The van der Waals surface area contributed by atoms with Gasteiger partial charge < -0.3 is 14.4 Å². The Kier molecular flexibility index (Phi) is 5.17. The number of rotatable bonds is 4. The summed E-state index contributed by atoms with van der Waals surface area (Å²) in [5.41, 5.74) is 0.524. The first-order chi connectivity index (χ1) is 10.0. The third-order valence-corrected chi connectivity index (χ3v) is 3.84. The second-order valence-electron chi connectivity index (χ2n) is 5.81. The molecule has 1 fully saturated rings. The zero-order valence-electron chi connectivity index (χ0n) is 13.2. The van der Waals surface area contributed by atoms with Gasteiger partial charge in [0, 0.05) is 26.4 Å². The fourth-order valence-electron chi connectivity index (χ4n) is 2.62. The fraction of sp³-hybridized carbons (Fsp3) is 0.625. The Morgan fingerprint density at radius 1 is 1.48 bits per heavy atom. The molecule has 5 nitrogen and oxygen atoms in total. The van der Waals surface area contributed by atoms with Gasteiger partial charge in [-0.3, -0.25) is 0 Å². The maximum absolute atomic E-state index is 12.2. The van der Waals surface area contributed by atoms with Gasteiger partial charge in [-0.1, -0.05) is 6.92 Å². The van der Waals surface area contributed by atoms with Gasteiger partial charge in [0.25, 0.3) is 0 Å². The van der Waals surface area contributed by atoms with E-state index >= 15 is 0 Å². The lowest BCUT2D eigenvalue weighted by atomic mass is 9.95. The minimum Gasteiger partial charge on any atom is -0.459 e. The molecule has 2 unspecified atom stereocenters. The summed E-state index contributed by atoms with van der Waals surface area (Å²) in [5.74, 6) is 0.888. The van der Waals surface area contributed by atoms with Crippen molar-refractivity contribution in [1.29, 1.82) is 0 Å². The molecule has 0 spiro atoms. The highest BCUT2D eigenvalue weighted by Crippen LogP contribution is 2.26. The number of methoxy groups -OCH3 is 1. The summed E-state index contributed by atoms with van der Waals surface area (Å²) >= 11 is 0. The lowest BCUT2D eigenvalue weighted by Crippen LogP contribution is -2.44. The summed E-state index contributed by atoms with van der Waals surface area (Å²) in [7, 11) is 1.73. The molecule has 1 aromatic rings. The molecule has 1 saturated heterocycles. The van der Waals surface area contributed by atoms with Crippen LogP contribution in [0, 0.1) is 5.92 Å². The Morgan fingerprint density at radius 2 is 2.24 bits per heavy atom. The van der Waals surface area contributed by atoms with Crippen LogP contribution in [0.3, 0.4) is 0 Å². The molecular weight excluding hydrogens is 268 g/mol. The summed E-state index contributed by atoms with van der Waals surface area (Å²) in [6.07, 6.45) is 2.75. The first-order valence-electron chi connectivity index (χ1n) is 7.46. The topological polar surface area (TPSA) is 51.7 Å². The van der Waals surface area contributed by atoms with Crippen LogP contribution in [0.15, 0.2) is 18.3 Å². The second-order valence-corrected chi connectivity index (χ2v) is 5.81. The SMILES string of the molecule is COC1CN(c2ncccc2C(=O)OC(C)C)CCC1C. The van der Waals surface area contributed by atoms with E-state index in [9.17, 15) is 4.79 Å². The van der Waals surface area contributed by atoms with Gasteiger partial charge >= 0.3 is 5.97 Å². The summed E-state index contributed by atoms with van der Waals surface area (Å²) in [6, 6.07) is 3.54. The first kappa shape index (κ1) is 15.8. The van der Waals surface area contributed by atoms with Crippen molar-refractivity contribution in [3.63, 3.8) is 0 Å². The van der Waals surface area contributed by atoms with Gasteiger partial charge in [-0.25, -0.2) is 9.78 Å². The van der Waals surface area contributed by atoms with Gasteiger partial charge in [-0.05, 0) is 38.3 Å². The normalized spacial score (nSPS) is 22.4. The Morgan fingerprint density at radius 3 is 2.90 bits per heavy atom. The quantitative estimate of drug-likeness (QED) is 0.798. The number of pyridine rings is 1. The molecule has 2 heterocycles. The molecule has 0 bridgehead atoms. The molecule has 1 aliphatic rings. The van der Waals surface area contributed by atoms with Gasteiger partial charge in [0.1, 0.15) is 11.4 Å². The average molecular weight is 292 g/mol. The maximum Gasteiger partial charge on any atom is 0.342 e. The largest absolute Gasteiger partial charge is 0.459 e. The zero-order chi connectivity index (χ0) is 15.4. The number of hydrogen-bond acceptors (Lipinski definition) is 5. The highest BCUT2D eigenvalue weighted by atomic mass is 16.5. The highest BCUT2D eigenvalue weighted by Gasteiger charge is 2.29. The summed E-state index contributed by atoms with van der Waals surface area (Å²) in [5, 5.41) is 0. The minimum absolute atomic E-state index is 0.140. The monoisotopic (exact) mass is 292 g/mol. The van der Waals surface area contributed by atoms with Crippen LogP contribution in [0.5, 0.6) is 0 Å². The third-order valence-electron chi connectivity index (χ3n) is 3.84. The molecule has 0 N–H and O–H groups in total. The molecular formula is C16H24N2O3. The zero-order valence-corrected chi connectivity index (χ0v) is 13.2. The van der Waals surface area contributed by atoms with Crippen molar-refractivity contribution in [3.05, 3.63) is 23.9 Å². The number of nitrogens with zero attached hydrogens (tertiary/aromatic N) is 2. The van der Waals surface area contributed by atoms with Gasteiger partial charge in [-0.15, -0.1) is 0 Å². The number of ether oxygens (including phenoxy) is 2. The summed E-state index contributed by atoms with van der Waals surface area (Å²) < 4.78 is 10.8. The van der Waals surface area contributed by atoms with Crippen molar-refractivity contribution >= 4 is 11.8 Å². The molecule has 0 radical (unpaired) electrons. The number of carbonyl (C=O) groups excluding carboxylic acids is 1. The number of hydrogen-bond donors (Lipinski definition) is 0. The number of aromatic nitrogens is 1. The molecule has 116 valence electrons. The van der Waals surface area contributed by atoms with E-state index in [-0.39, 0.29) is 18.2 Å². The molecule has 0 amide bonds. The Balaban J connectivity index is 2.22.